The minimum Gasteiger partial charge on any atom is -0.399 e. The first kappa shape index (κ1) is 12.2. The van der Waals surface area contributed by atoms with Crippen LogP contribution < -0.4 is 11.1 Å². The van der Waals surface area contributed by atoms with Gasteiger partial charge in [0.1, 0.15) is 0 Å². The fourth-order valence-corrected chi connectivity index (χ4v) is 1.84. The van der Waals surface area contributed by atoms with Crippen molar-refractivity contribution in [3.63, 3.8) is 0 Å². The number of hydrogen-bond donors (Lipinski definition) is 2. The van der Waals surface area contributed by atoms with Crippen LogP contribution in [0.1, 0.15) is 21.5 Å². The van der Waals surface area contributed by atoms with Gasteiger partial charge in [0.2, 0.25) is 0 Å². The summed E-state index contributed by atoms with van der Waals surface area (Å²) in [5, 5.41) is 2.91. The number of hydrogen-bond acceptors (Lipinski definition) is 2. The molecule has 3 heteroatoms. The van der Waals surface area contributed by atoms with Crippen LogP contribution in [0.2, 0.25) is 0 Å². The summed E-state index contributed by atoms with van der Waals surface area (Å²) in [4.78, 5) is 12.1. The van der Waals surface area contributed by atoms with Gasteiger partial charge in [-0.15, -0.1) is 0 Å². The molecule has 2 aromatic rings. The Morgan fingerprint density at radius 2 is 1.78 bits per heavy atom. The molecule has 0 aromatic heterocycles. The van der Waals surface area contributed by atoms with E-state index in [0.29, 0.717) is 11.3 Å². The Kier molecular flexibility index (Phi) is 3.33. The van der Waals surface area contributed by atoms with Crippen LogP contribution in [0, 0.1) is 13.8 Å². The highest BCUT2D eigenvalue weighted by molar-refractivity contribution is 6.05. The van der Waals surface area contributed by atoms with Gasteiger partial charge in [-0.1, -0.05) is 18.2 Å². The van der Waals surface area contributed by atoms with Crippen LogP contribution in [-0.4, -0.2) is 5.91 Å². The summed E-state index contributed by atoms with van der Waals surface area (Å²) in [5.41, 5.74) is 9.73. The number of nitrogen functional groups attached to an aromatic ring is 1. The molecular formula is C15H16N2O. The minimum atomic E-state index is -0.109. The molecule has 0 bridgehead atoms. The second-order valence-corrected chi connectivity index (χ2v) is 4.34. The molecule has 0 spiro atoms. The van der Waals surface area contributed by atoms with Gasteiger partial charge in [0.25, 0.3) is 5.91 Å². The Morgan fingerprint density at radius 3 is 2.44 bits per heavy atom. The summed E-state index contributed by atoms with van der Waals surface area (Å²) in [6.45, 7) is 3.84. The fourth-order valence-electron chi connectivity index (χ4n) is 1.84. The van der Waals surface area contributed by atoms with Crippen LogP contribution in [0.15, 0.2) is 42.5 Å². The third-order valence-corrected chi connectivity index (χ3v) is 2.89. The van der Waals surface area contributed by atoms with Crippen molar-refractivity contribution in [2.24, 2.45) is 0 Å². The van der Waals surface area contributed by atoms with Crippen molar-refractivity contribution < 1.29 is 4.79 Å². The molecule has 0 saturated carbocycles. The maximum absolute atomic E-state index is 12.1. The molecule has 0 fully saturated rings. The molecule has 0 heterocycles. The Bertz CT molecular complexity index is 591. The summed E-state index contributed by atoms with van der Waals surface area (Å²) in [6, 6.07) is 13.0. The first-order valence-corrected chi connectivity index (χ1v) is 5.81. The molecule has 2 aromatic carbocycles. The van der Waals surface area contributed by atoms with Gasteiger partial charge in [-0.25, -0.2) is 0 Å². The largest absolute Gasteiger partial charge is 0.399 e. The lowest BCUT2D eigenvalue weighted by atomic mass is 10.1. The molecule has 0 radical (unpaired) electrons. The number of para-hydroxylation sites is 1. The first-order valence-electron chi connectivity index (χ1n) is 5.81. The van der Waals surface area contributed by atoms with Crippen LogP contribution in [0.3, 0.4) is 0 Å². The van der Waals surface area contributed by atoms with E-state index in [9.17, 15) is 4.79 Å². The summed E-state index contributed by atoms with van der Waals surface area (Å²) < 4.78 is 0. The Labute approximate surface area is 107 Å². The van der Waals surface area contributed by atoms with Crippen LogP contribution >= 0.6 is 0 Å². The zero-order chi connectivity index (χ0) is 13.1. The lowest BCUT2D eigenvalue weighted by Crippen LogP contribution is -2.14. The van der Waals surface area contributed by atoms with Gasteiger partial charge in [0.05, 0.1) is 0 Å². The topological polar surface area (TPSA) is 55.1 Å². The number of nitrogens with one attached hydrogen (secondary N) is 1. The second-order valence-electron chi connectivity index (χ2n) is 4.34. The standard InChI is InChI=1S/C15H16N2O/c1-10-5-3-4-6-14(10)17-15(18)13-8-7-12(16)9-11(13)2/h3-9H,16H2,1-2H3,(H,17,18). The van der Waals surface area contributed by atoms with Gasteiger partial charge in [-0.2, -0.15) is 0 Å². The lowest BCUT2D eigenvalue weighted by molar-refractivity contribution is 0.102. The molecular weight excluding hydrogens is 224 g/mol. The zero-order valence-corrected chi connectivity index (χ0v) is 10.5. The van der Waals surface area contributed by atoms with E-state index in [4.69, 9.17) is 5.73 Å². The SMILES string of the molecule is Cc1ccccc1NC(=O)c1ccc(N)cc1C. The minimum absolute atomic E-state index is 0.109. The van der Waals surface area contributed by atoms with Gasteiger partial charge in [0.15, 0.2) is 0 Å². The third kappa shape index (κ3) is 2.51. The highest BCUT2D eigenvalue weighted by Crippen LogP contribution is 2.17. The smallest absolute Gasteiger partial charge is 0.255 e. The van der Waals surface area contributed by atoms with E-state index >= 15 is 0 Å². The maximum atomic E-state index is 12.1. The van der Waals surface area contributed by atoms with Crippen molar-refractivity contribution in [1.29, 1.82) is 0 Å². The number of amides is 1. The van der Waals surface area contributed by atoms with Gasteiger partial charge in [0, 0.05) is 16.9 Å². The normalized spacial score (nSPS) is 10.1. The zero-order valence-electron chi connectivity index (χ0n) is 10.5. The van der Waals surface area contributed by atoms with Crippen molar-refractivity contribution in [3.05, 3.63) is 59.2 Å². The summed E-state index contributed by atoms with van der Waals surface area (Å²) in [6.07, 6.45) is 0. The van der Waals surface area contributed by atoms with Gasteiger partial charge < -0.3 is 11.1 Å². The van der Waals surface area contributed by atoms with E-state index in [1.807, 2.05) is 38.1 Å². The third-order valence-electron chi connectivity index (χ3n) is 2.89. The van der Waals surface area contributed by atoms with E-state index in [-0.39, 0.29) is 5.91 Å². The molecule has 0 saturated heterocycles. The van der Waals surface area contributed by atoms with E-state index in [0.717, 1.165) is 16.8 Å². The van der Waals surface area contributed by atoms with Crippen LogP contribution in [0.4, 0.5) is 11.4 Å². The number of carbonyl (C=O) groups excluding carboxylic acids is 1. The van der Waals surface area contributed by atoms with Gasteiger partial charge in [-0.05, 0) is 49.2 Å². The number of carbonyl (C=O) groups is 1. The molecule has 0 aliphatic carbocycles. The molecule has 3 N–H and O–H groups in total. The maximum Gasteiger partial charge on any atom is 0.255 e. The molecule has 2 rings (SSSR count). The van der Waals surface area contributed by atoms with E-state index in [1.165, 1.54) is 0 Å². The van der Waals surface area contributed by atoms with E-state index < -0.39 is 0 Å². The van der Waals surface area contributed by atoms with Crippen LogP contribution in [0.5, 0.6) is 0 Å². The lowest BCUT2D eigenvalue weighted by Gasteiger charge is -2.10. The van der Waals surface area contributed by atoms with E-state index in [1.54, 1.807) is 18.2 Å². The predicted octanol–water partition coefficient (Wildman–Crippen LogP) is 3.14. The highest BCUT2D eigenvalue weighted by Gasteiger charge is 2.10. The van der Waals surface area contributed by atoms with Crippen LogP contribution in [0.25, 0.3) is 0 Å². The van der Waals surface area contributed by atoms with E-state index in [2.05, 4.69) is 5.32 Å². The summed E-state index contributed by atoms with van der Waals surface area (Å²) in [5.74, 6) is -0.109. The average Bonchev–Trinajstić information content (AvgIpc) is 2.32. The molecule has 3 nitrogen and oxygen atoms in total. The Balaban J connectivity index is 2.25. The van der Waals surface area contributed by atoms with Gasteiger partial charge in [-0.3, -0.25) is 4.79 Å². The number of nitrogens with two attached hydrogens (primary N) is 1. The number of aryl methyl sites for hydroxylation is 2. The predicted molar refractivity (Wildman–Crippen MR) is 74.7 cm³/mol. The number of rotatable bonds is 2. The number of benzene rings is 2. The quantitative estimate of drug-likeness (QED) is 0.792. The molecule has 0 atom stereocenters. The monoisotopic (exact) mass is 240 g/mol. The van der Waals surface area contributed by atoms with Crippen molar-refractivity contribution in [2.75, 3.05) is 11.1 Å². The van der Waals surface area contributed by atoms with Crippen molar-refractivity contribution in [3.8, 4) is 0 Å². The molecule has 18 heavy (non-hydrogen) atoms. The van der Waals surface area contributed by atoms with Crippen molar-refractivity contribution in [1.82, 2.24) is 0 Å². The first-order chi connectivity index (χ1) is 8.58. The Hall–Kier alpha value is -2.29. The highest BCUT2D eigenvalue weighted by atomic mass is 16.1. The number of anilines is 2. The van der Waals surface area contributed by atoms with Crippen LogP contribution in [-0.2, 0) is 0 Å². The summed E-state index contributed by atoms with van der Waals surface area (Å²) in [7, 11) is 0. The summed E-state index contributed by atoms with van der Waals surface area (Å²) >= 11 is 0. The second kappa shape index (κ2) is 4.92. The molecule has 0 aliphatic heterocycles. The van der Waals surface area contributed by atoms with Crippen molar-refractivity contribution >= 4 is 17.3 Å². The Morgan fingerprint density at radius 1 is 1.06 bits per heavy atom. The molecule has 0 aliphatic rings. The fraction of sp³-hybridized carbons (Fsp3) is 0.133. The molecule has 0 unspecified atom stereocenters. The van der Waals surface area contributed by atoms with Gasteiger partial charge >= 0.3 is 0 Å². The average molecular weight is 240 g/mol. The van der Waals surface area contributed by atoms with Crippen molar-refractivity contribution in [2.45, 2.75) is 13.8 Å². The molecule has 1 amide bonds. The molecule has 92 valence electrons.